The minimum absolute atomic E-state index is 0.0865. The van der Waals surface area contributed by atoms with Crippen LogP contribution in [0.15, 0.2) is 52.6 Å². The maximum atomic E-state index is 13.7. The van der Waals surface area contributed by atoms with Gasteiger partial charge >= 0.3 is 0 Å². The van der Waals surface area contributed by atoms with Crippen LogP contribution in [0, 0.1) is 17.8 Å². The average molecular weight is 490 g/mol. The zero-order chi connectivity index (χ0) is 26.1. The van der Waals surface area contributed by atoms with E-state index in [4.69, 9.17) is 4.74 Å². The fourth-order valence-electron chi connectivity index (χ4n) is 6.44. The number of para-hydroxylation sites is 1. The van der Waals surface area contributed by atoms with Crippen LogP contribution in [0.2, 0.25) is 0 Å². The molecule has 0 radical (unpaired) electrons. The first kappa shape index (κ1) is 24.2. The van der Waals surface area contributed by atoms with Crippen LogP contribution in [0.3, 0.4) is 0 Å². The minimum atomic E-state index is -0.701. The van der Waals surface area contributed by atoms with Crippen LogP contribution >= 0.6 is 0 Å². The fraction of sp³-hybridized carbons (Fsp3) is 0.448. The molecular weight excluding hydrogens is 458 g/mol. The number of carbonyl (C=O) groups excluding carboxylic acids is 4. The zero-order valence-electron chi connectivity index (χ0n) is 21.3. The molecule has 0 bridgehead atoms. The van der Waals surface area contributed by atoms with Crippen LogP contribution in [-0.2, 0) is 19.2 Å². The van der Waals surface area contributed by atoms with E-state index >= 15 is 0 Å². The van der Waals surface area contributed by atoms with E-state index in [9.17, 15) is 24.3 Å². The monoisotopic (exact) mass is 489 g/mol. The Labute approximate surface area is 210 Å². The molecule has 4 atom stereocenters. The number of benzene rings is 1. The molecule has 1 N–H and O–H groups in total. The summed E-state index contributed by atoms with van der Waals surface area (Å²) in [6.45, 7) is 9.30. The molecule has 4 aliphatic rings. The van der Waals surface area contributed by atoms with Crippen molar-refractivity contribution in [3.05, 3.63) is 58.2 Å². The lowest BCUT2D eigenvalue weighted by Crippen LogP contribution is -2.46. The molecule has 3 aliphatic carbocycles. The Morgan fingerprint density at radius 3 is 2.47 bits per heavy atom. The Bertz CT molecular complexity index is 1310. The second kappa shape index (κ2) is 8.29. The third-order valence-corrected chi connectivity index (χ3v) is 7.87. The van der Waals surface area contributed by atoms with Gasteiger partial charge in [-0.25, -0.2) is 0 Å². The van der Waals surface area contributed by atoms with E-state index in [1.165, 1.54) is 11.0 Å². The quantitative estimate of drug-likeness (QED) is 0.391. The molecule has 1 saturated heterocycles. The largest absolute Gasteiger partial charge is 0.504 e. The van der Waals surface area contributed by atoms with Gasteiger partial charge in [0, 0.05) is 33.7 Å². The zero-order valence-corrected chi connectivity index (χ0v) is 21.3. The number of fused-ring (bicyclic) bond motifs is 3. The van der Waals surface area contributed by atoms with Gasteiger partial charge < -0.3 is 9.84 Å². The number of carbonyl (C=O) groups is 4. The number of rotatable bonds is 3. The Morgan fingerprint density at radius 2 is 1.81 bits per heavy atom. The highest BCUT2D eigenvalue weighted by molar-refractivity contribution is 6.23. The van der Waals surface area contributed by atoms with Gasteiger partial charge in [0.15, 0.2) is 23.1 Å². The molecule has 188 valence electrons. The molecule has 1 aliphatic heterocycles. The Hall–Kier alpha value is -3.48. The smallest absolute Gasteiger partial charge is 0.234 e. The topological polar surface area (TPSA) is 101 Å². The molecule has 0 saturated carbocycles. The summed E-state index contributed by atoms with van der Waals surface area (Å²) in [5, 5.41) is 11.2. The van der Waals surface area contributed by atoms with E-state index in [-0.39, 0.29) is 35.6 Å². The second-order valence-corrected chi connectivity index (χ2v) is 11.0. The second-order valence-electron chi connectivity index (χ2n) is 11.0. The summed E-state index contributed by atoms with van der Waals surface area (Å²) in [6.07, 6.45) is 3.90. The predicted molar refractivity (Wildman–Crippen MR) is 132 cm³/mol. The van der Waals surface area contributed by atoms with Gasteiger partial charge in [0.2, 0.25) is 11.8 Å². The number of imide groups is 1. The van der Waals surface area contributed by atoms with E-state index < -0.39 is 29.2 Å². The number of phenols is 1. The van der Waals surface area contributed by atoms with Crippen molar-refractivity contribution in [2.24, 2.45) is 17.8 Å². The van der Waals surface area contributed by atoms with E-state index in [0.717, 1.165) is 5.57 Å². The highest BCUT2D eigenvalue weighted by Gasteiger charge is 2.58. The molecule has 36 heavy (non-hydrogen) atoms. The third kappa shape index (κ3) is 3.39. The molecule has 0 spiro atoms. The normalized spacial score (nSPS) is 28.0. The number of ether oxygens (including phenoxy) is 1. The summed E-state index contributed by atoms with van der Waals surface area (Å²) in [5.41, 5.74) is 1.69. The Morgan fingerprint density at radius 1 is 1.08 bits per heavy atom. The summed E-state index contributed by atoms with van der Waals surface area (Å²) in [7, 11) is 0. The van der Waals surface area contributed by atoms with Crippen LogP contribution < -0.4 is 4.74 Å². The van der Waals surface area contributed by atoms with Gasteiger partial charge in [-0.1, -0.05) is 23.8 Å². The van der Waals surface area contributed by atoms with Gasteiger partial charge in [0.25, 0.3) is 0 Å². The lowest BCUT2D eigenvalue weighted by atomic mass is 9.59. The number of allylic oxidation sites excluding steroid dienone is 6. The van der Waals surface area contributed by atoms with Gasteiger partial charge in [-0.3, -0.25) is 24.1 Å². The van der Waals surface area contributed by atoms with E-state index in [1.807, 2.05) is 33.8 Å². The molecule has 7 heteroatoms. The molecule has 1 aromatic rings. The van der Waals surface area contributed by atoms with Crippen molar-refractivity contribution in [2.75, 3.05) is 6.61 Å². The van der Waals surface area contributed by atoms with Crippen molar-refractivity contribution < 1.29 is 29.0 Å². The minimum Gasteiger partial charge on any atom is -0.504 e. The number of hydrogen-bond donors (Lipinski definition) is 1. The summed E-state index contributed by atoms with van der Waals surface area (Å²) >= 11 is 0. The van der Waals surface area contributed by atoms with Crippen LogP contribution in [-0.4, -0.2) is 45.5 Å². The first-order valence-corrected chi connectivity index (χ1v) is 12.5. The van der Waals surface area contributed by atoms with Crippen LogP contribution in [0.1, 0.15) is 58.9 Å². The molecule has 1 heterocycles. The molecule has 2 amide bonds. The number of likely N-dealkylation sites (tertiary alicyclic amines) is 1. The first-order valence-electron chi connectivity index (χ1n) is 12.5. The van der Waals surface area contributed by atoms with Gasteiger partial charge in [-0.15, -0.1) is 0 Å². The van der Waals surface area contributed by atoms with E-state index in [0.29, 0.717) is 41.1 Å². The molecular formula is C29H31NO6. The number of Topliss-reactive ketones (excluding diaryl/α,β-unsaturated/α-hetero) is 1. The number of aromatic hydroxyl groups is 1. The molecule has 1 fully saturated rings. The van der Waals surface area contributed by atoms with Crippen LogP contribution in [0.5, 0.6) is 11.5 Å². The summed E-state index contributed by atoms with van der Waals surface area (Å²) < 4.78 is 5.60. The van der Waals surface area contributed by atoms with Crippen LogP contribution in [0.25, 0.3) is 0 Å². The number of amides is 2. The SMILES string of the molecule is CCOc1cccc(C2C3=CCC4C(=O)N(C(C)(C)C)C(=O)C4C3CC3=C2C(=O)C=C(C)C3=O)c1O. The number of phenolic OH excluding ortho intramolecular Hbond substituents is 1. The van der Waals surface area contributed by atoms with E-state index in [1.54, 1.807) is 25.1 Å². The Balaban J connectivity index is 1.70. The van der Waals surface area contributed by atoms with Crippen molar-refractivity contribution in [3.63, 3.8) is 0 Å². The van der Waals surface area contributed by atoms with E-state index in [2.05, 4.69) is 0 Å². The van der Waals surface area contributed by atoms with Gasteiger partial charge in [-0.2, -0.15) is 0 Å². The number of hydrogen-bond acceptors (Lipinski definition) is 6. The standard InChI is InChI=1S/C29H31NO6/c1-6-36-21-9-7-8-16(26(21)33)22-15-10-11-17-23(28(35)30(27(17)34)29(3,4)5)18(15)13-19-24(22)20(31)12-14(2)25(19)32/h7-10,12,17-18,22-23,33H,6,11,13H2,1-5H3. The highest BCUT2D eigenvalue weighted by Crippen LogP contribution is 2.57. The lowest BCUT2D eigenvalue weighted by molar-refractivity contribution is -0.145. The van der Waals surface area contributed by atoms with Crippen molar-refractivity contribution in [1.82, 2.24) is 4.90 Å². The summed E-state index contributed by atoms with van der Waals surface area (Å²) in [6, 6.07) is 5.13. The maximum Gasteiger partial charge on any atom is 0.234 e. The number of ketones is 2. The lowest BCUT2D eigenvalue weighted by Gasteiger charge is -2.42. The average Bonchev–Trinajstić information content (AvgIpc) is 3.08. The molecule has 4 unspecified atom stereocenters. The van der Waals surface area contributed by atoms with Crippen molar-refractivity contribution in [3.8, 4) is 11.5 Å². The summed E-state index contributed by atoms with van der Waals surface area (Å²) in [4.78, 5) is 55.0. The third-order valence-electron chi connectivity index (χ3n) is 7.87. The molecule has 0 aromatic heterocycles. The maximum absolute atomic E-state index is 13.7. The van der Waals surface area contributed by atoms with Gasteiger partial charge in [0.05, 0.1) is 18.4 Å². The first-order chi connectivity index (χ1) is 17.0. The van der Waals surface area contributed by atoms with Gasteiger partial charge in [-0.05, 0) is 65.5 Å². The molecule has 1 aromatic carbocycles. The van der Waals surface area contributed by atoms with Crippen molar-refractivity contribution in [1.29, 1.82) is 0 Å². The fourth-order valence-corrected chi connectivity index (χ4v) is 6.44. The Kier molecular flexibility index (Phi) is 5.58. The van der Waals surface area contributed by atoms with Crippen molar-refractivity contribution in [2.45, 2.75) is 58.9 Å². The number of nitrogens with zero attached hydrogens (tertiary/aromatic N) is 1. The predicted octanol–water partition coefficient (Wildman–Crippen LogP) is 4.02. The van der Waals surface area contributed by atoms with Crippen molar-refractivity contribution >= 4 is 23.4 Å². The molecule has 5 rings (SSSR count). The summed E-state index contributed by atoms with van der Waals surface area (Å²) in [5.74, 6) is -2.93. The highest BCUT2D eigenvalue weighted by atomic mass is 16.5. The molecule has 7 nitrogen and oxygen atoms in total. The van der Waals surface area contributed by atoms with Gasteiger partial charge in [0.1, 0.15) is 0 Å². The van der Waals surface area contributed by atoms with Crippen LogP contribution in [0.4, 0.5) is 0 Å².